The van der Waals surface area contributed by atoms with E-state index in [4.69, 9.17) is 15.0 Å². The summed E-state index contributed by atoms with van der Waals surface area (Å²) in [5, 5.41) is 18.8. The zero-order valence-corrected chi connectivity index (χ0v) is 40.1. The van der Waals surface area contributed by atoms with E-state index in [0.29, 0.717) is 18.3 Å². The molecule has 0 saturated heterocycles. The largest absolute Gasteiger partial charge is 0.491 e. The second-order valence-corrected chi connectivity index (χ2v) is 19.2. The monoisotopic (exact) mass is 822 g/mol. The first kappa shape index (κ1) is 50.8. The Balaban J connectivity index is 1.71. The number of ether oxygens (including phenoxy) is 1. The maximum absolute atomic E-state index is 6.47. The minimum Gasteiger partial charge on any atom is -0.491 e. The van der Waals surface area contributed by atoms with Gasteiger partial charge < -0.3 is 9.64 Å². The number of hydrogen-bond donors (Lipinski definition) is 0. The minimum absolute atomic E-state index is 0.288. The number of azo groups is 2. The molecule has 0 aliphatic rings. The maximum atomic E-state index is 6.47. The van der Waals surface area contributed by atoms with Crippen LogP contribution in [0.2, 0.25) is 0 Å². The maximum Gasteiger partial charge on any atom is 0.149 e. The second-order valence-electron chi connectivity index (χ2n) is 19.2. The van der Waals surface area contributed by atoms with Gasteiger partial charge in [0, 0.05) is 24.8 Å². The highest BCUT2D eigenvalue weighted by Crippen LogP contribution is 2.38. The van der Waals surface area contributed by atoms with Crippen LogP contribution >= 0.6 is 0 Å². The lowest BCUT2D eigenvalue weighted by Gasteiger charge is -2.26. The van der Waals surface area contributed by atoms with Crippen molar-refractivity contribution in [2.75, 3.05) is 24.6 Å². The quantitative estimate of drug-likeness (QED) is 0.0465. The zero-order valence-electron chi connectivity index (χ0n) is 40.1. The van der Waals surface area contributed by atoms with E-state index in [9.17, 15) is 0 Å². The third kappa shape index (κ3) is 21.8. The number of aryl methyl sites for hydroxylation is 3. The van der Waals surface area contributed by atoms with E-state index in [-0.39, 0.29) is 5.41 Å². The Morgan fingerprint density at radius 3 is 1.53 bits per heavy atom. The summed E-state index contributed by atoms with van der Waals surface area (Å²) in [6, 6.07) is 18.9. The third-order valence-corrected chi connectivity index (χ3v) is 11.8. The van der Waals surface area contributed by atoms with Crippen LogP contribution in [-0.4, -0.2) is 19.7 Å². The summed E-state index contributed by atoms with van der Waals surface area (Å²) in [7, 11) is 0. The molecule has 1 unspecified atom stereocenters. The highest BCUT2D eigenvalue weighted by atomic mass is 16.5. The number of rotatable bonds is 32. The molecule has 0 spiro atoms. The van der Waals surface area contributed by atoms with Gasteiger partial charge in [0.25, 0.3) is 0 Å². The van der Waals surface area contributed by atoms with E-state index < -0.39 is 0 Å². The zero-order chi connectivity index (χ0) is 43.4. The summed E-state index contributed by atoms with van der Waals surface area (Å²) in [4.78, 5) is 2.64. The Hall–Kier alpha value is -3.54. The number of benzene rings is 3. The molecular formula is C54H87N5O. The summed E-state index contributed by atoms with van der Waals surface area (Å²) in [6.45, 7) is 23.0. The van der Waals surface area contributed by atoms with Gasteiger partial charge >= 0.3 is 0 Å². The summed E-state index contributed by atoms with van der Waals surface area (Å²) >= 11 is 0. The van der Waals surface area contributed by atoms with Gasteiger partial charge in [-0.1, -0.05) is 175 Å². The van der Waals surface area contributed by atoms with E-state index in [1.165, 1.54) is 140 Å². The highest BCUT2D eigenvalue weighted by molar-refractivity contribution is 5.63. The van der Waals surface area contributed by atoms with Gasteiger partial charge in [-0.3, -0.25) is 0 Å². The van der Waals surface area contributed by atoms with Crippen molar-refractivity contribution in [1.29, 1.82) is 0 Å². The molecule has 3 rings (SSSR count). The number of anilines is 1. The molecule has 3 aromatic rings. The van der Waals surface area contributed by atoms with E-state index >= 15 is 0 Å². The standard InChI is InChI=1S/C54H87N5O/c1-10-12-14-16-18-20-22-24-26-28-37-59(38-29-27-25-23-21-19-17-15-13-11-2)49-34-35-50(46(5)40-49)56-58-52-41-47(6)51(57-55-48-32-30-44(3)31-33-48)42-53(52)60-39-36-45(4)43-54(7,8)9/h30-35,40-42,45H,10-29,36-39,43H2,1-9H3/b57-55+,58-56+. The van der Waals surface area contributed by atoms with Crippen LogP contribution in [0.25, 0.3) is 0 Å². The normalized spacial score (nSPS) is 12.6. The van der Waals surface area contributed by atoms with Crippen molar-refractivity contribution in [2.45, 2.75) is 204 Å². The van der Waals surface area contributed by atoms with E-state index in [1.54, 1.807) is 0 Å². The van der Waals surface area contributed by atoms with Crippen LogP contribution in [0.5, 0.6) is 5.75 Å². The predicted molar refractivity (Wildman–Crippen MR) is 261 cm³/mol. The van der Waals surface area contributed by atoms with E-state index in [0.717, 1.165) is 59.8 Å². The van der Waals surface area contributed by atoms with E-state index in [1.807, 2.05) is 24.3 Å². The van der Waals surface area contributed by atoms with Crippen LogP contribution < -0.4 is 9.64 Å². The molecule has 0 aliphatic heterocycles. The number of hydrogen-bond acceptors (Lipinski definition) is 6. The first-order valence-corrected chi connectivity index (χ1v) is 24.5. The van der Waals surface area contributed by atoms with Crippen molar-refractivity contribution in [1.82, 2.24) is 0 Å². The Bertz CT molecular complexity index is 1610. The van der Waals surface area contributed by atoms with Gasteiger partial charge in [-0.25, -0.2) is 0 Å². The molecule has 6 nitrogen and oxygen atoms in total. The molecule has 0 amide bonds. The first-order valence-electron chi connectivity index (χ1n) is 24.5. The summed E-state index contributed by atoms with van der Waals surface area (Å²) < 4.78 is 6.47. The van der Waals surface area contributed by atoms with Gasteiger partial charge in [-0.05, 0) is 105 Å². The molecule has 334 valence electrons. The van der Waals surface area contributed by atoms with Crippen molar-refractivity contribution in [3.8, 4) is 5.75 Å². The Morgan fingerprint density at radius 2 is 1.02 bits per heavy atom. The molecule has 0 saturated carbocycles. The molecule has 0 radical (unpaired) electrons. The van der Waals surface area contributed by atoms with Crippen molar-refractivity contribution in [3.05, 3.63) is 71.3 Å². The lowest BCUT2D eigenvalue weighted by molar-refractivity contribution is 0.241. The highest BCUT2D eigenvalue weighted by Gasteiger charge is 2.16. The lowest BCUT2D eigenvalue weighted by Crippen LogP contribution is -2.25. The topological polar surface area (TPSA) is 61.9 Å². The van der Waals surface area contributed by atoms with Gasteiger partial charge in [0.2, 0.25) is 0 Å². The summed E-state index contributed by atoms with van der Waals surface area (Å²) in [5.74, 6) is 1.25. The smallest absolute Gasteiger partial charge is 0.149 e. The molecule has 0 N–H and O–H groups in total. The molecule has 0 heterocycles. The molecule has 6 heteroatoms. The van der Waals surface area contributed by atoms with Crippen LogP contribution in [0.15, 0.2) is 75.1 Å². The van der Waals surface area contributed by atoms with Crippen molar-refractivity contribution >= 4 is 28.4 Å². The molecule has 0 bridgehead atoms. The Labute approximate surface area is 368 Å². The van der Waals surface area contributed by atoms with Gasteiger partial charge in [-0.15, -0.1) is 5.11 Å². The van der Waals surface area contributed by atoms with Crippen molar-refractivity contribution < 1.29 is 4.74 Å². The Kier molecular flexibility index (Phi) is 25.1. The van der Waals surface area contributed by atoms with Crippen LogP contribution in [0, 0.1) is 32.1 Å². The average molecular weight is 822 g/mol. The van der Waals surface area contributed by atoms with Crippen LogP contribution in [0.4, 0.5) is 28.4 Å². The fourth-order valence-electron chi connectivity index (χ4n) is 8.21. The molecule has 1 atom stereocenters. The fourth-order valence-corrected chi connectivity index (χ4v) is 8.21. The van der Waals surface area contributed by atoms with E-state index in [2.05, 4.69) is 108 Å². The first-order chi connectivity index (χ1) is 29.0. The van der Waals surface area contributed by atoms with Crippen LogP contribution in [-0.2, 0) is 0 Å². The molecule has 0 fully saturated rings. The molecular weight excluding hydrogens is 735 g/mol. The number of unbranched alkanes of at least 4 members (excludes halogenated alkanes) is 18. The Morgan fingerprint density at radius 1 is 0.533 bits per heavy atom. The SMILES string of the molecule is CCCCCCCCCCCCN(CCCCCCCCCCCC)c1ccc(/N=N/c2cc(C)c(/N=N/c3ccc(C)cc3)cc2OCCC(C)CC(C)(C)C)c(C)c1. The average Bonchev–Trinajstić information content (AvgIpc) is 3.21. The molecule has 0 aromatic heterocycles. The van der Waals surface area contributed by atoms with Crippen LogP contribution in [0.3, 0.4) is 0 Å². The molecule has 60 heavy (non-hydrogen) atoms. The number of nitrogens with zero attached hydrogens (tertiary/aromatic N) is 5. The van der Waals surface area contributed by atoms with Gasteiger partial charge in [0.1, 0.15) is 11.4 Å². The van der Waals surface area contributed by atoms with Crippen molar-refractivity contribution in [3.63, 3.8) is 0 Å². The molecule has 0 aliphatic carbocycles. The van der Waals surface area contributed by atoms with Gasteiger partial charge in [0.15, 0.2) is 0 Å². The van der Waals surface area contributed by atoms with Gasteiger partial charge in [0.05, 0.1) is 23.7 Å². The predicted octanol–water partition coefficient (Wildman–Crippen LogP) is 18.9. The minimum atomic E-state index is 0.288. The molecule has 3 aromatic carbocycles. The van der Waals surface area contributed by atoms with Gasteiger partial charge in [-0.2, -0.15) is 15.3 Å². The third-order valence-electron chi connectivity index (χ3n) is 11.8. The second kappa shape index (κ2) is 29.7. The van der Waals surface area contributed by atoms with Crippen molar-refractivity contribution in [2.24, 2.45) is 31.8 Å². The summed E-state index contributed by atoms with van der Waals surface area (Å²) in [5.41, 5.74) is 8.14. The fraction of sp³-hybridized carbons (Fsp3) is 0.667. The lowest BCUT2D eigenvalue weighted by atomic mass is 9.84. The summed E-state index contributed by atoms with van der Waals surface area (Å²) in [6.07, 6.45) is 29.4. The van der Waals surface area contributed by atoms with Crippen LogP contribution in [0.1, 0.15) is 199 Å².